The molecule has 0 spiro atoms. The molecule has 6 heteroatoms. The third-order valence-corrected chi connectivity index (χ3v) is 3.63. The quantitative estimate of drug-likeness (QED) is 0.798. The average Bonchev–Trinajstić information content (AvgIpc) is 2.75. The minimum Gasteiger partial charge on any atom is -0.478 e. The molecule has 2 heterocycles. The Bertz CT molecular complexity index is 474. The number of amides is 1. The van der Waals surface area contributed by atoms with Crippen molar-refractivity contribution in [2.45, 2.75) is 0 Å². The van der Waals surface area contributed by atoms with Gasteiger partial charge in [0.25, 0.3) is 5.91 Å². The molecule has 1 amide bonds. The zero-order chi connectivity index (χ0) is 10.8. The van der Waals surface area contributed by atoms with Crippen molar-refractivity contribution in [2.24, 2.45) is 4.99 Å². The lowest BCUT2D eigenvalue weighted by molar-refractivity contribution is -0.131. The highest BCUT2D eigenvalue weighted by Gasteiger charge is 2.24. The Balaban J connectivity index is 2.25. The van der Waals surface area contributed by atoms with Crippen LogP contribution in [0.4, 0.5) is 0 Å². The number of aliphatic imine (C=N–C) groups is 1. The number of carbonyl (C=O) groups is 2. The Kier molecular flexibility index (Phi) is 2.70. The normalized spacial score (nSPS) is 18.3. The number of thioether (sulfide) groups is 1. The van der Waals surface area contributed by atoms with Crippen molar-refractivity contribution in [1.29, 1.82) is 0 Å². The molecule has 2 rings (SSSR count). The second kappa shape index (κ2) is 4.00. The average molecular weight is 239 g/mol. The number of hydrogen-bond donors (Lipinski definition) is 1. The highest BCUT2D eigenvalue weighted by molar-refractivity contribution is 8.19. The molecule has 4 nitrogen and oxygen atoms in total. The summed E-state index contributed by atoms with van der Waals surface area (Å²) in [4.78, 5) is 26.5. The first-order valence-electron chi connectivity index (χ1n) is 3.96. The van der Waals surface area contributed by atoms with Gasteiger partial charge in [0, 0.05) is 6.08 Å². The van der Waals surface area contributed by atoms with Crippen molar-refractivity contribution in [1.82, 2.24) is 0 Å². The Labute approximate surface area is 93.3 Å². The fraction of sp³-hybridized carbons (Fsp3) is 0. The molecule has 0 saturated carbocycles. The number of nitrogens with zero attached hydrogens (tertiary/aromatic N) is 1. The number of carbonyl (C=O) groups excluding carboxylic acids is 1. The van der Waals surface area contributed by atoms with Crippen molar-refractivity contribution >= 4 is 40.0 Å². The molecule has 0 fully saturated rings. The minimum absolute atomic E-state index is 0.158. The standard InChI is InChI=1S/C9H5NO3S2/c11-7(12)4-6-8(13)10-9(15-6)5-2-1-3-14-5/h1-4H,(H,11,12)/b6-4+. The van der Waals surface area contributed by atoms with Gasteiger partial charge in [-0.25, -0.2) is 9.79 Å². The molecular formula is C9H5NO3S2. The van der Waals surface area contributed by atoms with E-state index in [4.69, 9.17) is 5.11 Å². The molecule has 0 atom stereocenters. The predicted molar refractivity (Wildman–Crippen MR) is 59.2 cm³/mol. The number of thiophene rings is 1. The first kappa shape index (κ1) is 10.1. The van der Waals surface area contributed by atoms with E-state index >= 15 is 0 Å². The van der Waals surface area contributed by atoms with E-state index in [0.29, 0.717) is 5.04 Å². The van der Waals surface area contributed by atoms with E-state index in [1.54, 1.807) is 0 Å². The summed E-state index contributed by atoms with van der Waals surface area (Å²) >= 11 is 2.56. The van der Waals surface area contributed by atoms with Crippen molar-refractivity contribution in [3.63, 3.8) is 0 Å². The van der Waals surface area contributed by atoms with Gasteiger partial charge in [0.05, 0.1) is 9.78 Å². The summed E-state index contributed by atoms with van der Waals surface area (Å²) in [6.07, 6.45) is 0.886. The highest BCUT2D eigenvalue weighted by Crippen LogP contribution is 2.31. The van der Waals surface area contributed by atoms with Crippen LogP contribution in [-0.4, -0.2) is 22.0 Å². The molecule has 0 unspecified atom stereocenters. The molecule has 1 aromatic rings. The lowest BCUT2D eigenvalue weighted by Crippen LogP contribution is -1.94. The number of carboxylic acid groups (broad SMARTS) is 1. The fourth-order valence-corrected chi connectivity index (χ4v) is 2.70. The molecule has 1 aliphatic heterocycles. The predicted octanol–water partition coefficient (Wildman–Crippen LogP) is 1.74. The third kappa shape index (κ3) is 2.16. The lowest BCUT2D eigenvalue weighted by atomic mass is 10.4. The molecular weight excluding hydrogens is 234 g/mol. The van der Waals surface area contributed by atoms with Gasteiger partial charge in [-0.05, 0) is 11.4 Å². The molecule has 1 aromatic heterocycles. The van der Waals surface area contributed by atoms with E-state index in [0.717, 1.165) is 22.7 Å². The fourth-order valence-electron chi connectivity index (χ4n) is 1.03. The van der Waals surface area contributed by atoms with Gasteiger partial charge in [0.2, 0.25) is 0 Å². The molecule has 0 radical (unpaired) electrons. The topological polar surface area (TPSA) is 66.7 Å². The summed E-state index contributed by atoms with van der Waals surface area (Å²) in [5.74, 6) is -1.61. The van der Waals surface area contributed by atoms with Crippen LogP contribution in [-0.2, 0) is 9.59 Å². The van der Waals surface area contributed by atoms with Crippen LogP contribution in [0.25, 0.3) is 0 Å². The van der Waals surface area contributed by atoms with E-state index in [9.17, 15) is 9.59 Å². The molecule has 1 aliphatic rings. The van der Waals surface area contributed by atoms with Crippen molar-refractivity contribution < 1.29 is 14.7 Å². The smallest absolute Gasteiger partial charge is 0.329 e. The van der Waals surface area contributed by atoms with Crippen LogP contribution < -0.4 is 0 Å². The summed E-state index contributed by atoms with van der Waals surface area (Å²) in [6, 6.07) is 3.69. The Morgan fingerprint density at radius 2 is 2.33 bits per heavy atom. The highest BCUT2D eigenvalue weighted by atomic mass is 32.2. The van der Waals surface area contributed by atoms with Gasteiger partial charge in [-0.15, -0.1) is 11.3 Å². The van der Waals surface area contributed by atoms with Gasteiger partial charge < -0.3 is 5.11 Å². The van der Waals surface area contributed by atoms with Crippen molar-refractivity contribution in [3.05, 3.63) is 33.4 Å². The van der Waals surface area contributed by atoms with Gasteiger partial charge in [-0.3, -0.25) is 4.79 Å². The molecule has 0 saturated heterocycles. The molecule has 0 aromatic carbocycles. The molecule has 1 N–H and O–H groups in total. The van der Waals surface area contributed by atoms with Gasteiger partial charge in [-0.2, -0.15) is 0 Å². The maximum absolute atomic E-state index is 11.3. The van der Waals surface area contributed by atoms with E-state index in [-0.39, 0.29) is 4.91 Å². The summed E-state index contributed by atoms with van der Waals surface area (Å²) in [6.45, 7) is 0. The first-order chi connectivity index (χ1) is 7.16. The number of rotatable bonds is 2. The van der Waals surface area contributed by atoms with Crippen molar-refractivity contribution in [2.75, 3.05) is 0 Å². The number of aliphatic carboxylic acids is 1. The van der Waals surface area contributed by atoms with Gasteiger partial charge in [0.1, 0.15) is 5.04 Å². The summed E-state index contributed by atoms with van der Waals surface area (Å²) in [7, 11) is 0. The lowest BCUT2D eigenvalue weighted by Gasteiger charge is -1.91. The third-order valence-electron chi connectivity index (χ3n) is 1.61. The second-order valence-electron chi connectivity index (χ2n) is 2.65. The zero-order valence-corrected chi connectivity index (χ0v) is 8.97. The summed E-state index contributed by atoms with van der Waals surface area (Å²) in [5.41, 5.74) is 0. The SMILES string of the molecule is O=C(O)/C=C1/SC(c2cccs2)=NC1=O. The first-order valence-corrected chi connectivity index (χ1v) is 5.66. The summed E-state index contributed by atoms with van der Waals surface area (Å²) < 4.78 is 0. The molecule has 15 heavy (non-hydrogen) atoms. The van der Waals surface area contributed by atoms with Gasteiger partial charge in [-0.1, -0.05) is 17.8 Å². The maximum atomic E-state index is 11.3. The zero-order valence-electron chi connectivity index (χ0n) is 7.34. The van der Waals surface area contributed by atoms with Crippen LogP contribution in [0.1, 0.15) is 4.88 Å². The largest absolute Gasteiger partial charge is 0.478 e. The van der Waals surface area contributed by atoms with Crippen molar-refractivity contribution in [3.8, 4) is 0 Å². The van der Waals surface area contributed by atoms with Crippen LogP contribution in [0.3, 0.4) is 0 Å². The molecule has 76 valence electrons. The van der Waals surface area contributed by atoms with Gasteiger partial charge in [0.15, 0.2) is 0 Å². The summed E-state index contributed by atoms with van der Waals surface area (Å²) in [5, 5.41) is 11.0. The van der Waals surface area contributed by atoms with Crippen LogP contribution in [0.5, 0.6) is 0 Å². The number of carboxylic acids is 1. The van der Waals surface area contributed by atoms with E-state index < -0.39 is 11.9 Å². The van der Waals surface area contributed by atoms with E-state index in [2.05, 4.69) is 4.99 Å². The Morgan fingerprint density at radius 3 is 2.93 bits per heavy atom. The van der Waals surface area contributed by atoms with Crippen LogP contribution in [0.15, 0.2) is 33.5 Å². The Morgan fingerprint density at radius 1 is 1.53 bits per heavy atom. The van der Waals surface area contributed by atoms with Crippen LogP contribution in [0.2, 0.25) is 0 Å². The minimum atomic E-state index is -1.13. The number of hydrogen-bond acceptors (Lipinski definition) is 4. The second-order valence-corrected chi connectivity index (χ2v) is 4.63. The van der Waals surface area contributed by atoms with Gasteiger partial charge >= 0.3 is 5.97 Å². The van der Waals surface area contributed by atoms with Crippen LogP contribution in [0, 0.1) is 0 Å². The van der Waals surface area contributed by atoms with E-state index in [1.807, 2.05) is 17.5 Å². The maximum Gasteiger partial charge on any atom is 0.329 e. The Hall–Kier alpha value is -1.40. The molecule has 0 aliphatic carbocycles. The molecule has 0 bridgehead atoms. The van der Waals surface area contributed by atoms with E-state index in [1.165, 1.54) is 11.3 Å². The van der Waals surface area contributed by atoms with Crippen LogP contribution >= 0.6 is 23.1 Å². The monoisotopic (exact) mass is 239 g/mol.